The summed E-state index contributed by atoms with van der Waals surface area (Å²) in [5.74, 6) is 0.941. The molecule has 3 rings (SSSR count). The Hall–Kier alpha value is -2.36. The van der Waals surface area contributed by atoms with E-state index >= 15 is 0 Å². The molecule has 4 heteroatoms. The minimum atomic E-state index is 0.793. The molecule has 0 aliphatic heterocycles. The molecule has 90 valence electrons. The maximum Gasteiger partial charge on any atom is 0.104 e. The predicted molar refractivity (Wildman–Crippen MR) is 72.4 cm³/mol. The Morgan fingerprint density at radius 3 is 2.83 bits per heavy atom. The molecule has 2 heterocycles. The largest absolute Gasteiger partial charge is 0.381 e. The fraction of sp³-hybridized carbons (Fsp3) is 0.143. The monoisotopic (exact) mass is 238 g/mol. The molecule has 0 aliphatic carbocycles. The van der Waals surface area contributed by atoms with Gasteiger partial charge in [-0.3, -0.25) is 4.98 Å². The molecule has 3 aromatic rings. The van der Waals surface area contributed by atoms with Crippen LogP contribution < -0.4 is 5.32 Å². The summed E-state index contributed by atoms with van der Waals surface area (Å²) in [4.78, 5) is 11.6. The Labute approximate surface area is 105 Å². The second-order valence-electron chi connectivity index (χ2n) is 4.26. The van der Waals surface area contributed by atoms with E-state index in [1.54, 1.807) is 12.4 Å². The zero-order chi connectivity index (χ0) is 12.4. The fourth-order valence-corrected chi connectivity index (χ4v) is 1.95. The van der Waals surface area contributed by atoms with E-state index in [0.717, 1.165) is 29.1 Å². The molecule has 0 unspecified atom stereocenters. The van der Waals surface area contributed by atoms with Crippen molar-refractivity contribution in [2.24, 2.45) is 0 Å². The number of rotatable bonds is 3. The van der Waals surface area contributed by atoms with E-state index < -0.39 is 0 Å². The van der Waals surface area contributed by atoms with E-state index in [2.05, 4.69) is 26.3 Å². The molecule has 0 atom stereocenters. The maximum atomic E-state index is 4.38. The topological polar surface area (TPSA) is 53.6 Å². The number of pyridine rings is 1. The minimum absolute atomic E-state index is 0.793. The van der Waals surface area contributed by atoms with E-state index in [1.807, 2.05) is 31.2 Å². The zero-order valence-electron chi connectivity index (χ0n) is 10.1. The van der Waals surface area contributed by atoms with Crippen LogP contribution >= 0.6 is 0 Å². The standard InChI is InChI=1S/C14H14N4/c1-10-17-13-3-2-12(8-14(13)18-10)16-9-11-4-6-15-7-5-11/h2-8,16H,9H2,1H3,(H,17,18). The number of anilines is 1. The highest BCUT2D eigenvalue weighted by molar-refractivity contribution is 5.79. The molecule has 0 fully saturated rings. The van der Waals surface area contributed by atoms with E-state index in [9.17, 15) is 0 Å². The fourth-order valence-electron chi connectivity index (χ4n) is 1.95. The van der Waals surface area contributed by atoms with Crippen molar-refractivity contribution in [2.45, 2.75) is 13.5 Å². The second kappa shape index (κ2) is 4.49. The number of H-pyrrole nitrogens is 1. The molecule has 0 saturated heterocycles. The number of aromatic nitrogens is 3. The lowest BCUT2D eigenvalue weighted by Crippen LogP contribution is -1.98. The molecule has 0 amide bonds. The molecule has 2 N–H and O–H groups in total. The van der Waals surface area contributed by atoms with Crippen molar-refractivity contribution in [1.29, 1.82) is 0 Å². The lowest BCUT2D eigenvalue weighted by molar-refractivity contribution is 1.13. The third-order valence-electron chi connectivity index (χ3n) is 2.85. The van der Waals surface area contributed by atoms with Gasteiger partial charge >= 0.3 is 0 Å². The summed E-state index contributed by atoms with van der Waals surface area (Å²) in [7, 11) is 0. The highest BCUT2D eigenvalue weighted by Crippen LogP contribution is 2.17. The van der Waals surface area contributed by atoms with Gasteiger partial charge in [0.1, 0.15) is 5.82 Å². The first-order chi connectivity index (χ1) is 8.81. The first kappa shape index (κ1) is 10.8. The Kier molecular flexibility index (Phi) is 2.68. The van der Waals surface area contributed by atoms with Gasteiger partial charge in [0.15, 0.2) is 0 Å². The van der Waals surface area contributed by atoms with Gasteiger partial charge in [0.25, 0.3) is 0 Å². The van der Waals surface area contributed by atoms with E-state index in [-0.39, 0.29) is 0 Å². The summed E-state index contributed by atoms with van der Waals surface area (Å²) in [6.45, 7) is 2.76. The molecular weight excluding hydrogens is 224 g/mol. The van der Waals surface area contributed by atoms with Gasteiger partial charge in [0, 0.05) is 24.6 Å². The summed E-state index contributed by atoms with van der Waals surface area (Å²) in [6, 6.07) is 10.2. The van der Waals surface area contributed by atoms with Crippen molar-refractivity contribution in [3.05, 3.63) is 54.1 Å². The van der Waals surface area contributed by atoms with Crippen LogP contribution in [0.4, 0.5) is 5.69 Å². The summed E-state index contributed by atoms with van der Waals surface area (Å²) < 4.78 is 0. The van der Waals surface area contributed by atoms with E-state index in [0.29, 0.717) is 0 Å². The van der Waals surface area contributed by atoms with Crippen molar-refractivity contribution in [1.82, 2.24) is 15.0 Å². The average Bonchev–Trinajstić information content (AvgIpc) is 2.77. The van der Waals surface area contributed by atoms with Crippen LogP contribution in [0.15, 0.2) is 42.7 Å². The van der Waals surface area contributed by atoms with Crippen molar-refractivity contribution in [3.8, 4) is 0 Å². The average molecular weight is 238 g/mol. The first-order valence-corrected chi connectivity index (χ1v) is 5.90. The number of aromatic amines is 1. The van der Waals surface area contributed by atoms with Gasteiger partial charge < -0.3 is 10.3 Å². The lowest BCUT2D eigenvalue weighted by atomic mass is 10.2. The summed E-state index contributed by atoms with van der Waals surface area (Å²) in [5, 5.41) is 3.39. The Balaban J connectivity index is 1.78. The molecule has 0 saturated carbocycles. The number of hydrogen-bond donors (Lipinski definition) is 2. The van der Waals surface area contributed by atoms with E-state index in [1.165, 1.54) is 5.56 Å². The van der Waals surface area contributed by atoms with Gasteiger partial charge in [0.2, 0.25) is 0 Å². The third kappa shape index (κ3) is 2.18. The maximum absolute atomic E-state index is 4.38. The number of aryl methyl sites for hydroxylation is 1. The molecule has 4 nitrogen and oxygen atoms in total. The number of imidazole rings is 1. The van der Waals surface area contributed by atoms with Crippen LogP contribution in [-0.4, -0.2) is 15.0 Å². The highest BCUT2D eigenvalue weighted by atomic mass is 14.9. The molecular formula is C14H14N4. The lowest BCUT2D eigenvalue weighted by Gasteiger charge is -2.05. The van der Waals surface area contributed by atoms with Gasteiger partial charge in [-0.15, -0.1) is 0 Å². The number of nitrogens with one attached hydrogen (secondary N) is 2. The molecule has 0 spiro atoms. The van der Waals surface area contributed by atoms with Crippen molar-refractivity contribution in [3.63, 3.8) is 0 Å². The third-order valence-corrected chi connectivity index (χ3v) is 2.85. The summed E-state index contributed by atoms with van der Waals surface area (Å²) >= 11 is 0. The summed E-state index contributed by atoms with van der Waals surface area (Å²) in [5.41, 5.74) is 4.36. The van der Waals surface area contributed by atoms with Crippen LogP contribution in [-0.2, 0) is 6.54 Å². The van der Waals surface area contributed by atoms with Crippen molar-refractivity contribution < 1.29 is 0 Å². The van der Waals surface area contributed by atoms with Crippen molar-refractivity contribution >= 4 is 16.7 Å². The molecule has 1 aromatic carbocycles. The second-order valence-corrected chi connectivity index (χ2v) is 4.26. The molecule has 0 aliphatic rings. The summed E-state index contributed by atoms with van der Waals surface area (Å²) in [6.07, 6.45) is 3.61. The normalized spacial score (nSPS) is 10.7. The molecule has 0 bridgehead atoms. The Bertz CT molecular complexity index is 658. The number of benzene rings is 1. The first-order valence-electron chi connectivity index (χ1n) is 5.90. The van der Waals surface area contributed by atoms with Crippen LogP contribution in [0.1, 0.15) is 11.4 Å². The van der Waals surface area contributed by atoms with E-state index in [4.69, 9.17) is 0 Å². The Morgan fingerprint density at radius 2 is 2.00 bits per heavy atom. The number of hydrogen-bond acceptors (Lipinski definition) is 3. The van der Waals surface area contributed by atoms with Gasteiger partial charge in [-0.2, -0.15) is 0 Å². The highest BCUT2D eigenvalue weighted by Gasteiger charge is 2.00. The number of fused-ring (bicyclic) bond motifs is 1. The van der Waals surface area contributed by atoms with Crippen LogP contribution in [0.2, 0.25) is 0 Å². The van der Waals surface area contributed by atoms with Crippen LogP contribution in [0, 0.1) is 6.92 Å². The molecule has 2 aromatic heterocycles. The molecule has 18 heavy (non-hydrogen) atoms. The predicted octanol–water partition coefficient (Wildman–Crippen LogP) is 2.88. The van der Waals surface area contributed by atoms with Crippen molar-refractivity contribution in [2.75, 3.05) is 5.32 Å². The van der Waals surface area contributed by atoms with Gasteiger partial charge in [-0.05, 0) is 42.8 Å². The van der Waals surface area contributed by atoms with Gasteiger partial charge in [0.05, 0.1) is 11.0 Å². The minimum Gasteiger partial charge on any atom is -0.381 e. The smallest absolute Gasteiger partial charge is 0.104 e. The van der Waals surface area contributed by atoms with Gasteiger partial charge in [-0.25, -0.2) is 4.98 Å². The van der Waals surface area contributed by atoms with Crippen LogP contribution in [0.25, 0.3) is 11.0 Å². The number of nitrogens with zero attached hydrogens (tertiary/aromatic N) is 2. The zero-order valence-corrected chi connectivity index (χ0v) is 10.1. The van der Waals surface area contributed by atoms with Crippen LogP contribution in [0.5, 0.6) is 0 Å². The Morgan fingerprint density at radius 1 is 1.17 bits per heavy atom. The van der Waals surface area contributed by atoms with Gasteiger partial charge in [-0.1, -0.05) is 0 Å². The van der Waals surface area contributed by atoms with Crippen LogP contribution in [0.3, 0.4) is 0 Å². The molecule has 0 radical (unpaired) electrons. The SMILES string of the molecule is Cc1nc2ccc(NCc3ccncc3)cc2[nH]1. The quantitative estimate of drug-likeness (QED) is 0.737.